The molecule has 0 bridgehead atoms. The predicted octanol–water partition coefficient (Wildman–Crippen LogP) is 4.22. The Morgan fingerprint density at radius 2 is 1.71 bits per heavy atom. The molecule has 0 aromatic heterocycles. The minimum absolute atomic E-state index is 0.267. The highest BCUT2D eigenvalue weighted by Gasteiger charge is 2.13. The molecule has 0 aliphatic heterocycles. The third-order valence-corrected chi connectivity index (χ3v) is 3.08. The molecule has 21 heavy (non-hydrogen) atoms. The summed E-state index contributed by atoms with van der Waals surface area (Å²) in [7, 11) is 0. The minimum atomic E-state index is -0.356. The standard InChI is InChI=1S/C18H20O3/c1-2-3-13-20-17-12-8-7-11-16(17)18(19)21-14-15-9-5-4-6-10-15/h4-12H,2-3,13-14H2,1H3. The van der Waals surface area contributed by atoms with Gasteiger partial charge in [0.25, 0.3) is 0 Å². The number of benzene rings is 2. The van der Waals surface area contributed by atoms with Gasteiger partial charge in [-0.05, 0) is 24.1 Å². The average Bonchev–Trinajstić information content (AvgIpc) is 2.54. The molecule has 0 amide bonds. The summed E-state index contributed by atoms with van der Waals surface area (Å²) < 4.78 is 11.0. The first-order chi connectivity index (χ1) is 10.3. The normalized spacial score (nSPS) is 10.1. The SMILES string of the molecule is CCCCOc1ccccc1C(=O)OCc1ccccc1. The number of hydrogen-bond acceptors (Lipinski definition) is 3. The quantitative estimate of drug-likeness (QED) is 0.564. The first-order valence-corrected chi connectivity index (χ1v) is 7.24. The Morgan fingerprint density at radius 3 is 2.48 bits per heavy atom. The Morgan fingerprint density at radius 1 is 1.00 bits per heavy atom. The number of esters is 1. The van der Waals surface area contributed by atoms with Gasteiger partial charge < -0.3 is 9.47 Å². The summed E-state index contributed by atoms with van der Waals surface area (Å²) in [5.41, 5.74) is 1.44. The summed E-state index contributed by atoms with van der Waals surface area (Å²) in [5.74, 6) is 0.231. The van der Waals surface area contributed by atoms with Gasteiger partial charge in [-0.2, -0.15) is 0 Å². The zero-order valence-corrected chi connectivity index (χ0v) is 12.2. The maximum absolute atomic E-state index is 12.2. The lowest BCUT2D eigenvalue weighted by Gasteiger charge is -2.11. The van der Waals surface area contributed by atoms with Crippen molar-refractivity contribution < 1.29 is 14.3 Å². The van der Waals surface area contributed by atoms with E-state index in [9.17, 15) is 4.79 Å². The molecule has 0 fully saturated rings. The van der Waals surface area contributed by atoms with Crippen molar-refractivity contribution in [1.82, 2.24) is 0 Å². The van der Waals surface area contributed by atoms with Crippen molar-refractivity contribution in [3.05, 3.63) is 65.7 Å². The van der Waals surface area contributed by atoms with Crippen LogP contribution in [-0.2, 0) is 11.3 Å². The van der Waals surface area contributed by atoms with Gasteiger partial charge in [0.15, 0.2) is 0 Å². The van der Waals surface area contributed by atoms with Gasteiger partial charge in [-0.25, -0.2) is 4.79 Å². The van der Waals surface area contributed by atoms with Crippen molar-refractivity contribution in [2.75, 3.05) is 6.61 Å². The van der Waals surface area contributed by atoms with Crippen LogP contribution in [0.15, 0.2) is 54.6 Å². The lowest BCUT2D eigenvalue weighted by atomic mass is 10.2. The van der Waals surface area contributed by atoms with Crippen molar-refractivity contribution in [1.29, 1.82) is 0 Å². The molecule has 2 aromatic carbocycles. The maximum atomic E-state index is 12.2. The molecule has 3 nitrogen and oxygen atoms in total. The van der Waals surface area contributed by atoms with Crippen molar-refractivity contribution in [2.45, 2.75) is 26.4 Å². The molecule has 0 unspecified atom stereocenters. The van der Waals surface area contributed by atoms with Crippen LogP contribution in [0, 0.1) is 0 Å². The fourth-order valence-corrected chi connectivity index (χ4v) is 1.89. The summed E-state index contributed by atoms with van der Waals surface area (Å²) in [6, 6.07) is 16.8. The molecule has 3 heteroatoms. The summed E-state index contributed by atoms with van der Waals surface area (Å²) in [4.78, 5) is 12.2. The van der Waals surface area contributed by atoms with Crippen molar-refractivity contribution in [3.63, 3.8) is 0 Å². The molecule has 2 rings (SSSR count). The number of unbranched alkanes of at least 4 members (excludes halogenated alkanes) is 1. The molecule has 0 aliphatic rings. The number of hydrogen-bond donors (Lipinski definition) is 0. The second-order valence-electron chi connectivity index (χ2n) is 4.76. The van der Waals surface area contributed by atoms with Crippen molar-refractivity contribution >= 4 is 5.97 Å². The summed E-state index contributed by atoms with van der Waals surface area (Å²) in [6.45, 7) is 2.98. The third kappa shape index (κ3) is 4.63. The van der Waals surface area contributed by atoms with Gasteiger partial charge in [0.05, 0.1) is 6.61 Å². The Kier molecular flexibility index (Phi) is 5.83. The van der Waals surface area contributed by atoms with Gasteiger partial charge in [-0.1, -0.05) is 55.8 Å². The highest BCUT2D eigenvalue weighted by atomic mass is 16.5. The van der Waals surface area contributed by atoms with Crippen LogP contribution in [0.5, 0.6) is 5.75 Å². The van der Waals surface area contributed by atoms with E-state index in [-0.39, 0.29) is 12.6 Å². The van der Waals surface area contributed by atoms with E-state index in [1.807, 2.05) is 42.5 Å². The van der Waals surface area contributed by atoms with Gasteiger partial charge in [0, 0.05) is 0 Å². The van der Waals surface area contributed by atoms with Crippen LogP contribution in [0.25, 0.3) is 0 Å². The van der Waals surface area contributed by atoms with E-state index in [4.69, 9.17) is 9.47 Å². The van der Waals surface area contributed by atoms with E-state index in [0.29, 0.717) is 17.9 Å². The number of carbonyl (C=O) groups excluding carboxylic acids is 1. The molecule has 0 radical (unpaired) electrons. The van der Waals surface area contributed by atoms with Crippen LogP contribution in [0.1, 0.15) is 35.7 Å². The Bertz CT molecular complexity index is 564. The molecule has 0 saturated carbocycles. The molecule has 2 aromatic rings. The highest BCUT2D eigenvalue weighted by molar-refractivity contribution is 5.92. The molecule has 0 aliphatic carbocycles. The van der Waals surface area contributed by atoms with Crippen LogP contribution in [0.3, 0.4) is 0 Å². The Hall–Kier alpha value is -2.29. The third-order valence-electron chi connectivity index (χ3n) is 3.08. The number of ether oxygens (including phenoxy) is 2. The van der Waals surface area contributed by atoms with Gasteiger partial charge in [-0.3, -0.25) is 0 Å². The lowest BCUT2D eigenvalue weighted by Crippen LogP contribution is -2.08. The van der Waals surface area contributed by atoms with Crippen LogP contribution in [-0.4, -0.2) is 12.6 Å². The molecule has 0 saturated heterocycles. The molecular formula is C18H20O3. The zero-order chi connectivity index (χ0) is 14.9. The van der Waals surface area contributed by atoms with Gasteiger partial charge >= 0.3 is 5.97 Å². The monoisotopic (exact) mass is 284 g/mol. The topological polar surface area (TPSA) is 35.5 Å². The molecule has 0 atom stereocenters. The fourth-order valence-electron chi connectivity index (χ4n) is 1.89. The number of carbonyl (C=O) groups is 1. The smallest absolute Gasteiger partial charge is 0.342 e. The fraction of sp³-hybridized carbons (Fsp3) is 0.278. The van der Waals surface area contributed by atoms with Crippen LogP contribution in [0.4, 0.5) is 0 Å². The molecule has 0 spiro atoms. The van der Waals surface area contributed by atoms with E-state index < -0.39 is 0 Å². The predicted molar refractivity (Wildman–Crippen MR) is 82.4 cm³/mol. The largest absolute Gasteiger partial charge is 0.493 e. The van der Waals surface area contributed by atoms with Crippen LogP contribution in [0.2, 0.25) is 0 Å². The molecule has 0 heterocycles. The zero-order valence-electron chi connectivity index (χ0n) is 12.2. The summed E-state index contributed by atoms with van der Waals surface area (Å²) in [5, 5.41) is 0. The minimum Gasteiger partial charge on any atom is -0.493 e. The Labute approximate surface area is 125 Å². The van der Waals surface area contributed by atoms with E-state index in [0.717, 1.165) is 18.4 Å². The van der Waals surface area contributed by atoms with E-state index in [1.54, 1.807) is 12.1 Å². The Balaban J connectivity index is 1.98. The van der Waals surface area contributed by atoms with Crippen molar-refractivity contribution in [3.8, 4) is 5.75 Å². The van der Waals surface area contributed by atoms with Crippen LogP contribution >= 0.6 is 0 Å². The lowest BCUT2D eigenvalue weighted by molar-refractivity contribution is 0.0468. The number of para-hydroxylation sites is 1. The van der Waals surface area contributed by atoms with Crippen LogP contribution < -0.4 is 4.74 Å². The second-order valence-corrected chi connectivity index (χ2v) is 4.76. The first-order valence-electron chi connectivity index (χ1n) is 7.24. The number of rotatable bonds is 7. The van der Waals surface area contributed by atoms with Crippen molar-refractivity contribution in [2.24, 2.45) is 0 Å². The van der Waals surface area contributed by atoms with E-state index >= 15 is 0 Å². The maximum Gasteiger partial charge on any atom is 0.342 e. The summed E-state index contributed by atoms with van der Waals surface area (Å²) in [6.07, 6.45) is 2.02. The van der Waals surface area contributed by atoms with Gasteiger partial charge in [-0.15, -0.1) is 0 Å². The molecule has 110 valence electrons. The average molecular weight is 284 g/mol. The molecular weight excluding hydrogens is 264 g/mol. The molecule has 0 N–H and O–H groups in total. The van der Waals surface area contributed by atoms with Gasteiger partial charge in [0.1, 0.15) is 17.9 Å². The van der Waals surface area contributed by atoms with Gasteiger partial charge in [0.2, 0.25) is 0 Å². The van der Waals surface area contributed by atoms with E-state index in [1.165, 1.54) is 0 Å². The highest BCUT2D eigenvalue weighted by Crippen LogP contribution is 2.20. The van der Waals surface area contributed by atoms with E-state index in [2.05, 4.69) is 6.92 Å². The summed E-state index contributed by atoms with van der Waals surface area (Å²) >= 11 is 0. The first kappa shape index (κ1) is 15.1. The second kappa shape index (κ2) is 8.10.